The van der Waals surface area contributed by atoms with Crippen LogP contribution in [0.4, 0.5) is 9.18 Å². The van der Waals surface area contributed by atoms with Crippen LogP contribution >= 0.6 is 11.3 Å². The molecule has 1 aromatic carbocycles. The zero-order chi connectivity index (χ0) is 22.4. The average molecular weight is 448 g/mol. The maximum absolute atomic E-state index is 13.3. The largest absolute Gasteiger partial charge is 0.491 e. The molecule has 6 nitrogen and oxygen atoms in total. The van der Waals surface area contributed by atoms with Gasteiger partial charge in [0.25, 0.3) is 0 Å². The van der Waals surface area contributed by atoms with Crippen molar-refractivity contribution in [3.8, 4) is 5.75 Å². The van der Waals surface area contributed by atoms with Crippen LogP contribution < -0.4 is 10.1 Å². The molecular formula is C23H30FN3O3S. The second-order valence-corrected chi connectivity index (χ2v) is 9.03. The lowest BCUT2D eigenvalue weighted by atomic mass is 10.0. The quantitative estimate of drug-likeness (QED) is 0.663. The molecule has 168 valence electrons. The van der Waals surface area contributed by atoms with Crippen LogP contribution in [0.5, 0.6) is 5.75 Å². The van der Waals surface area contributed by atoms with E-state index in [0.717, 1.165) is 12.0 Å². The van der Waals surface area contributed by atoms with Crippen LogP contribution in [-0.4, -0.2) is 54.5 Å². The van der Waals surface area contributed by atoms with E-state index in [4.69, 9.17) is 4.74 Å². The van der Waals surface area contributed by atoms with Crippen molar-refractivity contribution in [3.63, 3.8) is 0 Å². The van der Waals surface area contributed by atoms with Crippen molar-refractivity contribution in [1.82, 2.24) is 15.1 Å². The second-order valence-electron chi connectivity index (χ2n) is 8.03. The number of amides is 3. The lowest BCUT2D eigenvalue weighted by Gasteiger charge is -2.37. The molecule has 0 unspecified atom stereocenters. The van der Waals surface area contributed by atoms with Gasteiger partial charge in [-0.15, -0.1) is 11.3 Å². The molecule has 0 aliphatic carbocycles. The fraction of sp³-hybridized carbons (Fsp3) is 0.478. The number of ether oxygens (including phenoxy) is 1. The van der Waals surface area contributed by atoms with Crippen LogP contribution in [0, 0.1) is 11.7 Å². The van der Waals surface area contributed by atoms with E-state index in [2.05, 4.69) is 5.32 Å². The SMILES string of the molecule is CCNC(=O)N(CC(=O)N1CCc2sccc2[C@H]1COc1ccc(F)cc1)CC(C)C. The van der Waals surface area contributed by atoms with Gasteiger partial charge in [0.2, 0.25) is 5.91 Å². The minimum Gasteiger partial charge on any atom is -0.491 e. The van der Waals surface area contributed by atoms with Gasteiger partial charge in [0, 0.05) is 24.5 Å². The maximum atomic E-state index is 13.3. The van der Waals surface area contributed by atoms with Gasteiger partial charge in [-0.2, -0.15) is 0 Å². The molecule has 3 rings (SSSR count). The van der Waals surface area contributed by atoms with Gasteiger partial charge in [-0.1, -0.05) is 13.8 Å². The summed E-state index contributed by atoms with van der Waals surface area (Å²) in [7, 11) is 0. The monoisotopic (exact) mass is 447 g/mol. The number of carbonyl (C=O) groups excluding carboxylic acids is 2. The minimum absolute atomic E-state index is 0.0243. The Morgan fingerprint density at radius 2 is 2.03 bits per heavy atom. The number of halogens is 1. The first-order valence-corrected chi connectivity index (χ1v) is 11.5. The third kappa shape index (κ3) is 5.97. The van der Waals surface area contributed by atoms with Gasteiger partial charge in [0.1, 0.15) is 24.7 Å². The molecule has 8 heteroatoms. The summed E-state index contributed by atoms with van der Waals surface area (Å²) in [5.74, 6) is 0.381. The molecule has 0 bridgehead atoms. The molecule has 2 heterocycles. The summed E-state index contributed by atoms with van der Waals surface area (Å²) in [5.41, 5.74) is 1.08. The highest BCUT2D eigenvalue weighted by atomic mass is 32.1. The number of benzene rings is 1. The summed E-state index contributed by atoms with van der Waals surface area (Å²) in [6.07, 6.45) is 0.789. The molecule has 1 aromatic heterocycles. The molecule has 1 aliphatic heterocycles. The predicted octanol–water partition coefficient (Wildman–Crippen LogP) is 4.08. The lowest BCUT2D eigenvalue weighted by molar-refractivity contribution is -0.135. The van der Waals surface area contributed by atoms with E-state index < -0.39 is 0 Å². The van der Waals surface area contributed by atoms with Crippen LogP contribution in [0.1, 0.15) is 37.3 Å². The van der Waals surface area contributed by atoms with Gasteiger partial charge in [-0.3, -0.25) is 4.79 Å². The number of carbonyl (C=O) groups is 2. The summed E-state index contributed by atoms with van der Waals surface area (Å²) in [6.45, 7) is 7.79. The number of nitrogens with one attached hydrogen (secondary N) is 1. The first kappa shape index (κ1) is 23.1. The molecule has 1 aliphatic rings. The molecule has 3 amide bonds. The Morgan fingerprint density at radius 1 is 1.29 bits per heavy atom. The summed E-state index contributed by atoms with van der Waals surface area (Å²) >= 11 is 1.68. The minimum atomic E-state index is -0.322. The van der Waals surface area contributed by atoms with E-state index in [1.54, 1.807) is 28.4 Å². The van der Waals surface area contributed by atoms with E-state index in [-0.39, 0.29) is 42.9 Å². The highest BCUT2D eigenvalue weighted by Crippen LogP contribution is 2.34. The van der Waals surface area contributed by atoms with E-state index in [9.17, 15) is 14.0 Å². The third-order valence-corrected chi connectivity index (χ3v) is 6.16. The first-order valence-electron chi connectivity index (χ1n) is 10.7. The molecule has 2 aromatic rings. The summed E-state index contributed by atoms with van der Waals surface area (Å²) in [5, 5.41) is 4.83. The molecule has 1 N–H and O–H groups in total. The van der Waals surface area contributed by atoms with Crippen molar-refractivity contribution in [2.24, 2.45) is 5.92 Å². The van der Waals surface area contributed by atoms with Crippen molar-refractivity contribution in [2.75, 3.05) is 32.8 Å². The van der Waals surface area contributed by atoms with Crippen molar-refractivity contribution in [2.45, 2.75) is 33.2 Å². The molecule has 0 fully saturated rings. The smallest absolute Gasteiger partial charge is 0.317 e. The molecule has 1 atom stereocenters. The van der Waals surface area contributed by atoms with Crippen molar-refractivity contribution in [3.05, 3.63) is 52.0 Å². The number of hydrogen-bond acceptors (Lipinski definition) is 4. The maximum Gasteiger partial charge on any atom is 0.317 e. The normalized spacial score (nSPS) is 15.5. The molecule has 0 radical (unpaired) electrons. The molecule has 31 heavy (non-hydrogen) atoms. The third-order valence-electron chi connectivity index (χ3n) is 5.16. The van der Waals surface area contributed by atoms with E-state index in [1.165, 1.54) is 17.0 Å². The first-order chi connectivity index (χ1) is 14.9. The fourth-order valence-corrected chi connectivity index (χ4v) is 4.69. The van der Waals surface area contributed by atoms with E-state index in [1.807, 2.05) is 37.1 Å². The molecular weight excluding hydrogens is 417 g/mol. The Morgan fingerprint density at radius 3 is 2.71 bits per heavy atom. The summed E-state index contributed by atoms with van der Waals surface area (Å²) < 4.78 is 19.1. The number of thiophene rings is 1. The van der Waals surface area contributed by atoms with Crippen LogP contribution in [0.15, 0.2) is 35.7 Å². The summed E-state index contributed by atoms with van der Waals surface area (Å²) in [6, 6.07) is 7.43. The Balaban J connectivity index is 1.75. The number of urea groups is 1. The van der Waals surface area contributed by atoms with Gasteiger partial charge in [0.05, 0.1) is 6.04 Å². The van der Waals surface area contributed by atoms with Crippen LogP contribution in [0.2, 0.25) is 0 Å². The molecule has 0 spiro atoms. The van der Waals surface area contributed by atoms with Crippen molar-refractivity contribution >= 4 is 23.3 Å². The topological polar surface area (TPSA) is 61.9 Å². The lowest BCUT2D eigenvalue weighted by Crippen LogP contribution is -2.50. The van der Waals surface area contributed by atoms with E-state index >= 15 is 0 Å². The zero-order valence-electron chi connectivity index (χ0n) is 18.3. The zero-order valence-corrected chi connectivity index (χ0v) is 19.1. The predicted molar refractivity (Wildman–Crippen MR) is 120 cm³/mol. The number of nitrogens with zero attached hydrogens (tertiary/aromatic N) is 2. The Hall–Kier alpha value is -2.61. The van der Waals surface area contributed by atoms with Gasteiger partial charge in [0.15, 0.2) is 0 Å². The van der Waals surface area contributed by atoms with Crippen LogP contribution in [0.25, 0.3) is 0 Å². The highest BCUT2D eigenvalue weighted by Gasteiger charge is 2.33. The number of fused-ring (bicyclic) bond motifs is 1. The van der Waals surface area contributed by atoms with Crippen molar-refractivity contribution in [1.29, 1.82) is 0 Å². The van der Waals surface area contributed by atoms with E-state index in [0.29, 0.717) is 25.4 Å². The second kappa shape index (κ2) is 10.6. The highest BCUT2D eigenvalue weighted by molar-refractivity contribution is 7.10. The Kier molecular flexibility index (Phi) is 7.90. The average Bonchev–Trinajstić information content (AvgIpc) is 3.21. The van der Waals surface area contributed by atoms with Crippen molar-refractivity contribution < 1.29 is 18.7 Å². The van der Waals surface area contributed by atoms with Gasteiger partial charge >= 0.3 is 6.03 Å². The van der Waals surface area contributed by atoms with Gasteiger partial charge in [-0.05, 0) is 60.5 Å². The summed E-state index contributed by atoms with van der Waals surface area (Å²) in [4.78, 5) is 30.4. The number of hydrogen-bond donors (Lipinski definition) is 1. The van der Waals surface area contributed by atoms with Gasteiger partial charge < -0.3 is 19.9 Å². The van der Waals surface area contributed by atoms with Gasteiger partial charge in [-0.25, -0.2) is 9.18 Å². The fourth-order valence-electron chi connectivity index (χ4n) is 3.76. The number of rotatable bonds is 8. The van der Waals surface area contributed by atoms with Crippen LogP contribution in [0.3, 0.4) is 0 Å². The molecule has 0 saturated heterocycles. The Labute approximate surface area is 187 Å². The van der Waals surface area contributed by atoms with Crippen LogP contribution in [-0.2, 0) is 11.2 Å². The Bertz CT molecular complexity index is 884. The molecule has 0 saturated carbocycles. The standard InChI is InChI=1S/C23H30FN3O3S/c1-4-25-23(29)26(13-16(2)3)14-22(28)27-11-9-21-19(10-12-31-21)20(27)15-30-18-7-5-17(24)6-8-18/h5-8,10,12,16,20H,4,9,11,13-15H2,1-3H3,(H,25,29)/t20-/m1/s1.